The van der Waals surface area contributed by atoms with Crippen molar-refractivity contribution in [2.24, 2.45) is 5.73 Å². The van der Waals surface area contributed by atoms with Crippen molar-refractivity contribution in [3.63, 3.8) is 0 Å². The molecule has 0 aliphatic heterocycles. The van der Waals surface area contributed by atoms with Crippen molar-refractivity contribution < 1.29 is 9.53 Å². The van der Waals surface area contributed by atoms with Gasteiger partial charge in [-0.15, -0.1) is 0 Å². The second kappa shape index (κ2) is 9.13. The van der Waals surface area contributed by atoms with E-state index in [2.05, 4.69) is 17.2 Å². The fraction of sp³-hybridized carbons (Fsp3) is 0.438. The van der Waals surface area contributed by atoms with Crippen LogP contribution in [0.3, 0.4) is 0 Å². The van der Waals surface area contributed by atoms with Crippen LogP contribution in [0.2, 0.25) is 0 Å². The first-order valence-corrected chi connectivity index (χ1v) is 6.84. The van der Waals surface area contributed by atoms with Gasteiger partial charge in [-0.1, -0.05) is 17.9 Å². The Morgan fingerprint density at radius 1 is 1.45 bits per heavy atom. The number of rotatable bonds is 6. The Morgan fingerprint density at radius 2 is 2.25 bits per heavy atom. The maximum atomic E-state index is 12.0. The first-order chi connectivity index (χ1) is 9.69. The molecule has 1 amide bonds. The van der Waals surface area contributed by atoms with Gasteiger partial charge in [0.1, 0.15) is 0 Å². The van der Waals surface area contributed by atoms with Crippen LogP contribution in [-0.4, -0.2) is 32.2 Å². The molecule has 0 aromatic heterocycles. The molecule has 1 rings (SSSR count). The monoisotopic (exact) mass is 274 g/mol. The molecule has 0 radical (unpaired) electrons. The van der Waals surface area contributed by atoms with Gasteiger partial charge in [-0.3, -0.25) is 4.79 Å². The molecule has 0 saturated carbocycles. The number of benzene rings is 1. The van der Waals surface area contributed by atoms with Crippen LogP contribution in [0.5, 0.6) is 0 Å². The van der Waals surface area contributed by atoms with E-state index in [1.54, 1.807) is 12.1 Å². The number of hydrogen-bond acceptors (Lipinski definition) is 3. The van der Waals surface area contributed by atoms with Gasteiger partial charge in [-0.2, -0.15) is 0 Å². The summed E-state index contributed by atoms with van der Waals surface area (Å²) in [5.41, 5.74) is 7.87. The molecule has 0 atom stereocenters. The number of carbonyl (C=O) groups is 1. The minimum atomic E-state index is -0.0858. The van der Waals surface area contributed by atoms with Crippen molar-refractivity contribution in [2.75, 3.05) is 26.3 Å². The summed E-state index contributed by atoms with van der Waals surface area (Å²) in [5.74, 6) is 5.70. The van der Waals surface area contributed by atoms with E-state index in [-0.39, 0.29) is 5.91 Å². The predicted molar refractivity (Wildman–Crippen MR) is 80.6 cm³/mol. The number of nitrogens with one attached hydrogen (secondary N) is 1. The molecular weight excluding hydrogens is 252 g/mol. The van der Waals surface area contributed by atoms with E-state index < -0.39 is 0 Å². The van der Waals surface area contributed by atoms with E-state index in [1.165, 1.54) is 0 Å². The third-order valence-electron chi connectivity index (χ3n) is 2.78. The summed E-state index contributed by atoms with van der Waals surface area (Å²) >= 11 is 0. The summed E-state index contributed by atoms with van der Waals surface area (Å²) in [5, 5.41) is 2.87. The van der Waals surface area contributed by atoms with Crippen molar-refractivity contribution in [3.05, 3.63) is 34.9 Å². The minimum Gasteiger partial charge on any atom is -0.382 e. The molecule has 108 valence electrons. The van der Waals surface area contributed by atoms with E-state index in [0.717, 1.165) is 17.5 Å². The Hall–Kier alpha value is -1.83. The number of nitrogens with two attached hydrogens (primary N) is 1. The van der Waals surface area contributed by atoms with Crippen molar-refractivity contribution in [1.29, 1.82) is 0 Å². The van der Waals surface area contributed by atoms with Crippen LogP contribution in [0.25, 0.3) is 0 Å². The molecule has 0 spiro atoms. The molecule has 1 aromatic rings. The maximum absolute atomic E-state index is 12.0. The van der Waals surface area contributed by atoms with Gasteiger partial charge in [0.25, 0.3) is 5.91 Å². The SMILES string of the molecule is CCOCCCNC(=O)c1ccc(C)c(C#CCN)c1. The molecule has 0 saturated heterocycles. The van der Waals surface area contributed by atoms with E-state index >= 15 is 0 Å². The van der Waals surface area contributed by atoms with Gasteiger partial charge in [0.15, 0.2) is 0 Å². The quantitative estimate of drug-likeness (QED) is 0.610. The Morgan fingerprint density at radius 3 is 2.95 bits per heavy atom. The number of carbonyl (C=O) groups excluding carboxylic acids is 1. The minimum absolute atomic E-state index is 0.0858. The lowest BCUT2D eigenvalue weighted by molar-refractivity contribution is 0.0944. The summed E-state index contributed by atoms with van der Waals surface area (Å²) in [4.78, 5) is 12.0. The van der Waals surface area contributed by atoms with Crippen molar-refractivity contribution in [1.82, 2.24) is 5.32 Å². The highest BCUT2D eigenvalue weighted by Crippen LogP contribution is 2.10. The maximum Gasteiger partial charge on any atom is 0.251 e. The summed E-state index contributed by atoms with van der Waals surface area (Å²) in [6, 6.07) is 5.51. The van der Waals surface area contributed by atoms with Crippen molar-refractivity contribution >= 4 is 5.91 Å². The Labute approximate surface area is 120 Å². The van der Waals surface area contributed by atoms with Gasteiger partial charge in [0, 0.05) is 30.9 Å². The lowest BCUT2D eigenvalue weighted by Gasteiger charge is -2.07. The van der Waals surface area contributed by atoms with Gasteiger partial charge >= 0.3 is 0 Å². The second-order valence-electron chi connectivity index (χ2n) is 4.34. The van der Waals surface area contributed by atoms with Crippen LogP contribution in [0, 0.1) is 18.8 Å². The zero-order chi connectivity index (χ0) is 14.8. The molecule has 4 heteroatoms. The summed E-state index contributed by atoms with van der Waals surface area (Å²) in [6.45, 7) is 6.20. The standard InChI is InChI=1S/C16H22N2O2/c1-3-20-11-5-10-18-16(19)15-8-7-13(2)14(12-15)6-4-9-17/h7-8,12H,3,5,9-11,17H2,1-2H3,(H,18,19). The third kappa shape index (κ3) is 5.43. The van der Waals surface area contributed by atoms with Crippen LogP contribution in [0.15, 0.2) is 18.2 Å². The van der Waals surface area contributed by atoms with Gasteiger partial charge in [0.05, 0.1) is 6.54 Å². The molecule has 0 fully saturated rings. The zero-order valence-electron chi connectivity index (χ0n) is 12.2. The van der Waals surface area contributed by atoms with Gasteiger partial charge < -0.3 is 15.8 Å². The van der Waals surface area contributed by atoms with Crippen LogP contribution in [0.1, 0.15) is 34.8 Å². The van der Waals surface area contributed by atoms with E-state index in [4.69, 9.17) is 10.5 Å². The number of amides is 1. The number of hydrogen-bond donors (Lipinski definition) is 2. The molecular formula is C16H22N2O2. The molecule has 0 aliphatic carbocycles. The largest absolute Gasteiger partial charge is 0.382 e. The second-order valence-corrected chi connectivity index (χ2v) is 4.34. The van der Waals surface area contributed by atoms with Crippen LogP contribution >= 0.6 is 0 Å². The molecule has 0 aliphatic rings. The van der Waals surface area contributed by atoms with Crippen LogP contribution in [-0.2, 0) is 4.74 Å². The molecule has 20 heavy (non-hydrogen) atoms. The number of ether oxygens (including phenoxy) is 1. The summed E-state index contributed by atoms with van der Waals surface area (Å²) in [7, 11) is 0. The Kier molecular flexibility index (Phi) is 7.41. The highest BCUT2D eigenvalue weighted by atomic mass is 16.5. The highest BCUT2D eigenvalue weighted by Gasteiger charge is 2.06. The van der Waals surface area contributed by atoms with E-state index in [0.29, 0.717) is 31.9 Å². The molecule has 0 heterocycles. The van der Waals surface area contributed by atoms with Crippen LogP contribution in [0.4, 0.5) is 0 Å². The first kappa shape index (κ1) is 16.2. The predicted octanol–water partition coefficient (Wildman–Crippen LogP) is 1.46. The number of aryl methyl sites for hydroxylation is 1. The first-order valence-electron chi connectivity index (χ1n) is 6.84. The summed E-state index contributed by atoms with van der Waals surface area (Å²) < 4.78 is 5.22. The van der Waals surface area contributed by atoms with E-state index in [1.807, 2.05) is 19.9 Å². The molecule has 0 bridgehead atoms. The van der Waals surface area contributed by atoms with E-state index in [9.17, 15) is 4.79 Å². The van der Waals surface area contributed by atoms with Crippen molar-refractivity contribution in [3.8, 4) is 11.8 Å². The molecule has 4 nitrogen and oxygen atoms in total. The fourth-order valence-electron chi connectivity index (χ4n) is 1.67. The van der Waals surface area contributed by atoms with Gasteiger partial charge in [0.2, 0.25) is 0 Å². The summed E-state index contributed by atoms with van der Waals surface area (Å²) in [6.07, 6.45) is 0.811. The third-order valence-corrected chi connectivity index (χ3v) is 2.78. The van der Waals surface area contributed by atoms with Gasteiger partial charge in [-0.05, 0) is 38.0 Å². The molecule has 0 unspecified atom stereocenters. The lowest BCUT2D eigenvalue weighted by atomic mass is 10.0. The van der Waals surface area contributed by atoms with Gasteiger partial charge in [-0.25, -0.2) is 0 Å². The Balaban J connectivity index is 2.60. The normalized spacial score (nSPS) is 9.75. The zero-order valence-corrected chi connectivity index (χ0v) is 12.2. The molecule has 1 aromatic carbocycles. The molecule has 3 N–H and O–H groups in total. The van der Waals surface area contributed by atoms with Crippen LogP contribution < -0.4 is 11.1 Å². The van der Waals surface area contributed by atoms with Crippen molar-refractivity contribution in [2.45, 2.75) is 20.3 Å². The fourth-order valence-corrected chi connectivity index (χ4v) is 1.67. The smallest absolute Gasteiger partial charge is 0.251 e. The average Bonchev–Trinajstić information content (AvgIpc) is 2.46. The highest BCUT2D eigenvalue weighted by molar-refractivity contribution is 5.94. The Bertz CT molecular complexity index is 501. The average molecular weight is 274 g/mol. The lowest BCUT2D eigenvalue weighted by Crippen LogP contribution is -2.25. The topological polar surface area (TPSA) is 64.3 Å².